The van der Waals surface area contributed by atoms with Crippen molar-refractivity contribution in [2.75, 3.05) is 0 Å². The molecule has 1 aromatic heterocycles. The molecule has 0 saturated carbocycles. The second-order valence-electron chi connectivity index (χ2n) is 2.17. The maximum atomic E-state index is 12.1. The highest BCUT2D eigenvalue weighted by atomic mass is 19.3. The van der Waals surface area contributed by atoms with Gasteiger partial charge in [0.15, 0.2) is 5.43 Å². The molecule has 0 fully saturated rings. The van der Waals surface area contributed by atoms with Crippen molar-refractivity contribution in [3.63, 3.8) is 0 Å². The van der Waals surface area contributed by atoms with Gasteiger partial charge in [0.1, 0.15) is 6.67 Å². The second kappa shape index (κ2) is 3.42. The highest BCUT2D eigenvalue weighted by molar-refractivity contribution is 5.19. The third kappa shape index (κ3) is 1.49. The van der Waals surface area contributed by atoms with E-state index in [1.165, 1.54) is 0 Å². The van der Waals surface area contributed by atoms with Crippen molar-refractivity contribution in [1.82, 2.24) is 4.98 Å². The van der Waals surface area contributed by atoms with Gasteiger partial charge in [0.25, 0.3) is 6.43 Å². The third-order valence-electron chi connectivity index (χ3n) is 1.45. The topological polar surface area (TPSA) is 32.9 Å². The van der Waals surface area contributed by atoms with E-state index in [9.17, 15) is 18.0 Å². The van der Waals surface area contributed by atoms with Gasteiger partial charge in [-0.05, 0) is 0 Å². The number of pyridine rings is 1. The molecule has 2 nitrogen and oxygen atoms in total. The summed E-state index contributed by atoms with van der Waals surface area (Å²) in [6.45, 7) is -1.17. The van der Waals surface area contributed by atoms with Gasteiger partial charge in [-0.2, -0.15) is 0 Å². The third-order valence-corrected chi connectivity index (χ3v) is 1.45. The Morgan fingerprint density at radius 1 is 1.50 bits per heavy atom. The average Bonchev–Trinajstić information content (AvgIpc) is 2.03. The number of aromatic nitrogens is 1. The van der Waals surface area contributed by atoms with E-state index in [0.29, 0.717) is 0 Å². The van der Waals surface area contributed by atoms with Crippen LogP contribution in [0.4, 0.5) is 13.2 Å². The number of H-pyrrole nitrogens is 1. The van der Waals surface area contributed by atoms with Gasteiger partial charge in [-0.15, -0.1) is 0 Å². The van der Waals surface area contributed by atoms with Crippen molar-refractivity contribution in [2.45, 2.75) is 13.1 Å². The Morgan fingerprint density at radius 2 is 2.17 bits per heavy atom. The summed E-state index contributed by atoms with van der Waals surface area (Å²) in [5, 5.41) is 0. The van der Waals surface area contributed by atoms with E-state index in [1.807, 2.05) is 0 Å². The molecule has 0 amide bonds. The summed E-state index contributed by atoms with van der Waals surface area (Å²) in [4.78, 5) is 12.9. The SMILES string of the molecule is O=c1cc[nH]c(C(F)F)c1CF. The highest BCUT2D eigenvalue weighted by Crippen LogP contribution is 2.18. The molecule has 0 aliphatic carbocycles. The molecule has 1 N–H and O–H groups in total. The molecular weight excluding hydrogens is 171 g/mol. The van der Waals surface area contributed by atoms with E-state index in [1.54, 1.807) is 0 Å². The molecule has 0 radical (unpaired) electrons. The van der Waals surface area contributed by atoms with Crippen LogP contribution < -0.4 is 5.43 Å². The first-order chi connectivity index (χ1) is 5.66. The molecule has 0 saturated heterocycles. The normalized spacial score (nSPS) is 10.7. The van der Waals surface area contributed by atoms with Crippen molar-refractivity contribution < 1.29 is 13.2 Å². The number of hydrogen-bond acceptors (Lipinski definition) is 1. The first kappa shape index (κ1) is 8.83. The zero-order chi connectivity index (χ0) is 9.14. The van der Waals surface area contributed by atoms with Gasteiger partial charge in [0.05, 0.1) is 11.3 Å². The van der Waals surface area contributed by atoms with Gasteiger partial charge in [-0.25, -0.2) is 13.2 Å². The highest BCUT2D eigenvalue weighted by Gasteiger charge is 2.15. The van der Waals surface area contributed by atoms with Crippen LogP contribution in [0.3, 0.4) is 0 Å². The minimum absolute atomic E-state index is 0.493. The fraction of sp³-hybridized carbons (Fsp3) is 0.286. The Hall–Kier alpha value is -1.26. The van der Waals surface area contributed by atoms with Crippen molar-refractivity contribution in [1.29, 1.82) is 0 Å². The molecule has 12 heavy (non-hydrogen) atoms. The average molecular weight is 177 g/mol. The molecule has 0 bridgehead atoms. The van der Waals surface area contributed by atoms with Crippen molar-refractivity contribution in [3.05, 3.63) is 33.7 Å². The molecule has 1 aromatic rings. The van der Waals surface area contributed by atoms with Gasteiger partial charge in [0, 0.05) is 12.3 Å². The van der Waals surface area contributed by atoms with E-state index in [2.05, 4.69) is 4.98 Å². The summed E-state index contributed by atoms with van der Waals surface area (Å²) in [7, 11) is 0. The quantitative estimate of drug-likeness (QED) is 0.733. The number of nitrogens with one attached hydrogen (secondary N) is 1. The van der Waals surface area contributed by atoms with Crippen LogP contribution in [-0.2, 0) is 6.67 Å². The fourth-order valence-electron chi connectivity index (χ4n) is 0.860. The van der Waals surface area contributed by atoms with Gasteiger partial charge < -0.3 is 4.98 Å². The number of halogens is 3. The van der Waals surface area contributed by atoms with Crippen LogP contribution in [0.25, 0.3) is 0 Å². The van der Waals surface area contributed by atoms with Crippen LogP contribution in [0.1, 0.15) is 17.7 Å². The van der Waals surface area contributed by atoms with Crippen molar-refractivity contribution in [2.24, 2.45) is 0 Å². The van der Waals surface area contributed by atoms with Crippen LogP contribution >= 0.6 is 0 Å². The molecule has 0 atom stereocenters. The van der Waals surface area contributed by atoms with Gasteiger partial charge in [-0.1, -0.05) is 0 Å². The molecule has 1 heterocycles. The Morgan fingerprint density at radius 3 is 2.58 bits per heavy atom. The van der Waals surface area contributed by atoms with E-state index in [4.69, 9.17) is 0 Å². The largest absolute Gasteiger partial charge is 0.360 e. The number of alkyl halides is 3. The van der Waals surface area contributed by atoms with Gasteiger partial charge >= 0.3 is 0 Å². The monoisotopic (exact) mass is 177 g/mol. The van der Waals surface area contributed by atoms with E-state index in [-0.39, 0.29) is 0 Å². The second-order valence-corrected chi connectivity index (χ2v) is 2.17. The first-order valence-corrected chi connectivity index (χ1v) is 3.21. The van der Waals surface area contributed by atoms with Gasteiger partial charge in [0.2, 0.25) is 0 Å². The molecule has 66 valence electrons. The minimum atomic E-state index is -2.84. The summed E-state index contributed by atoms with van der Waals surface area (Å²) in [6.07, 6.45) is -1.77. The van der Waals surface area contributed by atoms with Crippen molar-refractivity contribution in [3.8, 4) is 0 Å². The molecule has 0 aliphatic heterocycles. The lowest BCUT2D eigenvalue weighted by Crippen LogP contribution is -2.11. The Balaban J connectivity index is 3.28. The molecule has 0 spiro atoms. The lowest BCUT2D eigenvalue weighted by molar-refractivity contribution is 0.143. The maximum Gasteiger partial charge on any atom is 0.278 e. The number of hydrogen-bond donors (Lipinski definition) is 1. The van der Waals surface area contributed by atoms with E-state index < -0.39 is 29.8 Å². The lowest BCUT2D eigenvalue weighted by Gasteiger charge is -2.02. The molecule has 0 aromatic carbocycles. The molecule has 5 heteroatoms. The van der Waals surface area contributed by atoms with Crippen LogP contribution in [0.15, 0.2) is 17.1 Å². The standard InChI is InChI=1S/C7H6F3NO/c8-3-4-5(12)1-2-11-6(4)7(9)10/h1-2,7H,3H2,(H,11,12). The van der Waals surface area contributed by atoms with Crippen molar-refractivity contribution >= 4 is 0 Å². The Labute approximate surface area is 66.0 Å². The molecular formula is C7H6F3NO. The number of aromatic amines is 1. The maximum absolute atomic E-state index is 12.1. The summed E-state index contributed by atoms with van der Waals surface area (Å²) in [5.74, 6) is 0. The van der Waals surface area contributed by atoms with Crippen LogP contribution in [0, 0.1) is 0 Å². The van der Waals surface area contributed by atoms with E-state index in [0.717, 1.165) is 12.3 Å². The zero-order valence-electron chi connectivity index (χ0n) is 5.98. The molecule has 0 unspecified atom stereocenters. The summed E-state index contributed by atoms with van der Waals surface area (Å²) in [5.41, 5.74) is -1.83. The van der Waals surface area contributed by atoms with Crippen LogP contribution in [-0.4, -0.2) is 4.98 Å². The van der Waals surface area contributed by atoms with Gasteiger partial charge in [-0.3, -0.25) is 4.79 Å². The fourth-order valence-corrected chi connectivity index (χ4v) is 0.860. The summed E-state index contributed by atoms with van der Waals surface area (Å²) < 4.78 is 36.2. The summed E-state index contributed by atoms with van der Waals surface area (Å²) in [6, 6.07) is 1.01. The number of rotatable bonds is 2. The van der Waals surface area contributed by atoms with Crippen LogP contribution in [0.2, 0.25) is 0 Å². The Bertz CT molecular complexity index is 321. The smallest absolute Gasteiger partial charge is 0.278 e. The van der Waals surface area contributed by atoms with E-state index >= 15 is 0 Å². The predicted molar refractivity (Wildman–Crippen MR) is 36.8 cm³/mol. The molecule has 1 rings (SSSR count). The lowest BCUT2D eigenvalue weighted by atomic mass is 10.2. The van der Waals surface area contributed by atoms with Crippen LogP contribution in [0.5, 0.6) is 0 Å². The minimum Gasteiger partial charge on any atom is -0.360 e. The first-order valence-electron chi connectivity index (χ1n) is 3.21. The molecule has 0 aliphatic rings. The zero-order valence-corrected chi connectivity index (χ0v) is 5.98. The summed E-state index contributed by atoms with van der Waals surface area (Å²) >= 11 is 0. The predicted octanol–water partition coefficient (Wildman–Crippen LogP) is 1.78. The Kier molecular flexibility index (Phi) is 2.52.